The number of hydrogen-bond acceptors (Lipinski definition) is 4. The predicted octanol–water partition coefficient (Wildman–Crippen LogP) is 3.13. The number of para-hydroxylation sites is 1. The van der Waals surface area contributed by atoms with Gasteiger partial charge in [-0.15, -0.1) is 0 Å². The first-order chi connectivity index (χ1) is 13.7. The van der Waals surface area contributed by atoms with E-state index in [9.17, 15) is 9.90 Å². The average Bonchev–Trinajstić information content (AvgIpc) is 3.03. The molecule has 2 aromatic rings. The molecule has 1 fully saturated rings. The Morgan fingerprint density at radius 2 is 2.00 bits per heavy atom. The second kappa shape index (κ2) is 7.22. The zero-order valence-corrected chi connectivity index (χ0v) is 16.1. The van der Waals surface area contributed by atoms with Crippen molar-refractivity contribution >= 4 is 17.3 Å². The summed E-state index contributed by atoms with van der Waals surface area (Å²) in [6, 6.07) is 16.7. The Labute approximate surface area is 166 Å². The molecule has 2 aromatic carbocycles. The maximum absolute atomic E-state index is 12.1. The third kappa shape index (κ3) is 3.09. The molecule has 0 spiro atoms. The molecular weight excluding hydrogens is 350 g/mol. The van der Waals surface area contributed by atoms with Gasteiger partial charge < -0.3 is 20.2 Å². The number of piperidine rings is 1. The third-order valence-electron chi connectivity index (χ3n) is 6.54. The fourth-order valence-electron chi connectivity index (χ4n) is 5.23. The molecule has 0 aromatic heterocycles. The van der Waals surface area contributed by atoms with Crippen molar-refractivity contribution in [3.05, 3.63) is 59.7 Å². The number of hydrogen-bond donors (Lipinski definition) is 2. The minimum atomic E-state index is -0.379. The summed E-state index contributed by atoms with van der Waals surface area (Å²) in [6.45, 7) is 3.59. The molecule has 3 heterocycles. The van der Waals surface area contributed by atoms with Gasteiger partial charge in [0, 0.05) is 25.0 Å². The van der Waals surface area contributed by atoms with Crippen molar-refractivity contribution in [2.45, 2.75) is 37.3 Å². The van der Waals surface area contributed by atoms with Gasteiger partial charge in [-0.1, -0.05) is 42.5 Å². The number of nitrogens with zero attached hydrogens (tertiary/aromatic N) is 2. The van der Waals surface area contributed by atoms with E-state index >= 15 is 0 Å². The molecule has 0 saturated carbocycles. The minimum absolute atomic E-state index is 0.0997. The van der Waals surface area contributed by atoms with Crippen LogP contribution in [-0.2, 0) is 4.79 Å². The molecule has 3 aliphatic heterocycles. The number of anilines is 2. The smallest absolute Gasteiger partial charge is 0.243 e. The zero-order valence-electron chi connectivity index (χ0n) is 16.1. The first-order valence-corrected chi connectivity index (χ1v) is 10.4. The van der Waals surface area contributed by atoms with E-state index in [4.69, 9.17) is 0 Å². The molecule has 0 unspecified atom stereocenters. The van der Waals surface area contributed by atoms with Crippen LogP contribution in [0.15, 0.2) is 48.5 Å². The van der Waals surface area contributed by atoms with Crippen molar-refractivity contribution in [1.29, 1.82) is 0 Å². The van der Waals surface area contributed by atoms with Crippen LogP contribution in [0.5, 0.6) is 0 Å². The number of rotatable bonds is 5. The van der Waals surface area contributed by atoms with Gasteiger partial charge in [-0.05, 0) is 43.0 Å². The van der Waals surface area contributed by atoms with Crippen molar-refractivity contribution in [3.63, 3.8) is 0 Å². The van der Waals surface area contributed by atoms with E-state index in [1.54, 1.807) is 0 Å². The highest BCUT2D eigenvalue weighted by molar-refractivity contribution is 6.03. The summed E-state index contributed by atoms with van der Waals surface area (Å²) in [5, 5.41) is 13.4. The Morgan fingerprint density at radius 1 is 1.14 bits per heavy atom. The van der Waals surface area contributed by atoms with Crippen molar-refractivity contribution in [2.75, 3.05) is 36.4 Å². The van der Waals surface area contributed by atoms with Crippen LogP contribution in [-0.4, -0.2) is 48.1 Å². The summed E-state index contributed by atoms with van der Waals surface area (Å²) in [4.78, 5) is 17.0. The number of fused-ring (bicyclic) bond motifs is 3. The van der Waals surface area contributed by atoms with Gasteiger partial charge in [-0.2, -0.15) is 0 Å². The number of nitrogens with one attached hydrogen (secondary N) is 1. The summed E-state index contributed by atoms with van der Waals surface area (Å²) < 4.78 is 0. The van der Waals surface area contributed by atoms with Crippen LogP contribution < -0.4 is 10.2 Å². The lowest BCUT2D eigenvalue weighted by Crippen LogP contribution is -2.49. The first kappa shape index (κ1) is 17.7. The fraction of sp³-hybridized carbons (Fsp3) is 0.435. The predicted molar refractivity (Wildman–Crippen MR) is 111 cm³/mol. The lowest BCUT2D eigenvalue weighted by molar-refractivity contribution is -0.115. The number of benzene rings is 2. The van der Waals surface area contributed by atoms with Gasteiger partial charge in [-0.25, -0.2) is 0 Å². The molecule has 0 aliphatic carbocycles. The maximum atomic E-state index is 12.1. The van der Waals surface area contributed by atoms with Crippen LogP contribution in [0.25, 0.3) is 0 Å². The quantitative estimate of drug-likeness (QED) is 0.841. The molecule has 3 atom stereocenters. The number of amides is 1. The molecule has 28 heavy (non-hydrogen) atoms. The molecule has 2 N–H and O–H groups in total. The number of carbonyl (C=O) groups is 1. The van der Waals surface area contributed by atoms with Crippen LogP contribution in [0.4, 0.5) is 11.4 Å². The summed E-state index contributed by atoms with van der Waals surface area (Å²) in [6.07, 6.45) is 2.49. The molecule has 3 aliphatic rings. The summed E-state index contributed by atoms with van der Waals surface area (Å²) in [5.74, 6) is 0.568. The molecule has 146 valence electrons. The van der Waals surface area contributed by atoms with E-state index in [1.165, 1.54) is 11.3 Å². The molecule has 5 heteroatoms. The average molecular weight is 377 g/mol. The van der Waals surface area contributed by atoms with Crippen molar-refractivity contribution in [1.82, 2.24) is 4.90 Å². The molecular formula is C23H27N3O2. The van der Waals surface area contributed by atoms with Crippen LogP contribution in [0.3, 0.4) is 0 Å². The lowest BCUT2D eigenvalue weighted by Gasteiger charge is -2.39. The second-order valence-electron chi connectivity index (χ2n) is 8.25. The first-order valence-electron chi connectivity index (χ1n) is 10.4. The fourth-order valence-corrected chi connectivity index (χ4v) is 5.23. The van der Waals surface area contributed by atoms with Crippen molar-refractivity contribution in [2.24, 2.45) is 0 Å². The largest absolute Gasteiger partial charge is 0.388 e. The highest BCUT2D eigenvalue weighted by atomic mass is 16.3. The van der Waals surface area contributed by atoms with Gasteiger partial charge >= 0.3 is 0 Å². The maximum Gasteiger partial charge on any atom is 0.243 e. The Hall–Kier alpha value is -2.37. The number of aliphatic hydroxyl groups excluding tert-OH is 1. The van der Waals surface area contributed by atoms with Crippen LogP contribution in [0.1, 0.15) is 42.4 Å². The van der Waals surface area contributed by atoms with Gasteiger partial charge in [-0.3, -0.25) is 4.79 Å². The molecule has 0 radical (unpaired) electrons. The highest BCUT2D eigenvalue weighted by Gasteiger charge is 2.44. The van der Waals surface area contributed by atoms with Gasteiger partial charge in [0.05, 0.1) is 24.0 Å². The van der Waals surface area contributed by atoms with E-state index in [0.29, 0.717) is 18.5 Å². The van der Waals surface area contributed by atoms with Crippen LogP contribution in [0, 0.1) is 0 Å². The third-order valence-corrected chi connectivity index (χ3v) is 6.54. The Balaban J connectivity index is 1.23. The molecule has 1 amide bonds. The Kier molecular flexibility index (Phi) is 4.57. The van der Waals surface area contributed by atoms with Crippen LogP contribution in [0.2, 0.25) is 0 Å². The van der Waals surface area contributed by atoms with E-state index in [2.05, 4.69) is 27.2 Å². The summed E-state index contributed by atoms with van der Waals surface area (Å²) >= 11 is 0. The van der Waals surface area contributed by atoms with Gasteiger partial charge in [0.1, 0.15) is 0 Å². The molecule has 0 bridgehead atoms. The SMILES string of the molecule is O=C1CN2c3c(cccc3[C@@H]3CN(CCC[C@@H](O)c4ccccc4)CC[C@@H]32)N1. The van der Waals surface area contributed by atoms with E-state index in [0.717, 1.165) is 50.1 Å². The van der Waals surface area contributed by atoms with Gasteiger partial charge in [0.2, 0.25) is 5.91 Å². The topological polar surface area (TPSA) is 55.8 Å². The number of likely N-dealkylation sites (tertiary alicyclic amines) is 1. The van der Waals surface area contributed by atoms with E-state index < -0.39 is 0 Å². The van der Waals surface area contributed by atoms with E-state index in [1.807, 2.05) is 36.4 Å². The monoisotopic (exact) mass is 377 g/mol. The summed E-state index contributed by atoms with van der Waals surface area (Å²) in [7, 11) is 0. The van der Waals surface area contributed by atoms with Crippen molar-refractivity contribution < 1.29 is 9.90 Å². The molecule has 1 saturated heterocycles. The molecule has 5 nitrogen and oxygen atoms in total. The highest BCUT2D eigenvalue weighted by Crippen LogP contribution is 2.49. The van der Waals surface area contributed by atoms with Crippen LogP contribution >= 0.6 is 0 Å². The number of carbonyl (C=O) groups excluding carboxylic acids is 1. The van der Waals surface area contributed by atoms with Crippen molar-refractivity contribution in [3.8, 4) is 0 Å². The molecule has 5 rings (SSSR count). The Bertz CT molecular complexity index is 869. The summed E-state index contributed by atoms with van der Waals surface area (Å²) in [5.41, 5.74) is 4.61. The zero-order chi connectivity index (χ0) is 19.1. The minimum Gasteiger partial charge on any atom is -0.388 e. The standard InChI is InChI=1S/C23H27N3O2/c27-21(16-6-2-1-3-7-16)10-5-12-25-13-11-20-18(14-25)17-8-4-9-19-23(17)26(20)15-22(28)24-19/h1-4,6-9,18,20-21,27H,5,10-15H2,(H,24,28)/t18-,20-,21+/m0/s1. The van der Waals surface area contributed by atoms with Gasteiger partial charge in [0.25, 0.3) is 0 Å². The Morgan fingerprint density at radius 3 is 2.86 bits per heavy atom. The normalized spacial score (nSPS) is 24.5. The van der Waals surface area contributed by atoms with E-state index in [-0.39, 0.29) is 12.0 Å². The number of aliphatic hydroxyl groups is 1. The second-order valence-corrected chi connectivity index (χ2v) is 8.25. The van der Waals surface area contributed by atoms with Gasteiger partial charge in [0.15, 0.2) is 0 Å². The lowest BCUT2D eigenvalue weighted by atomic mass is 9.89.